The average Bonchev–Trinajstić information content (AvgIpc) is 2.04. The van der Waals surface area contributed by atoms with Crippen LogP contribution in [0.5, 0.6) is 5.75 Å². The molecule has 1 rings (SSSR count). The highest BCUT2D eigenvalue weighted by Gasteiger charge is 2.15. The van der Waals surface area contributed by atoms with Crippen LogP contribution in [0.3, 0.4) is 0 Å². The molecule has 0 saturated carbocycles. The molecule has 3 nitrogen and oxygen atoms in total. The molecule has 0 aliphatic rings. The molecule has 1 unspecified atom stereocenters. The third-order valence-electron chi connectivity index (χ3n) is 1.44. The largest absolute Gasteiger partial charge is 0.508 e. The van der Waals surface area contributed by atoms with E-state index in [1.165, 1.54) is 24.3 Å². The number of amides is 1. The van der Waals surface area contributed by atoms with Crippen molar-refractivity contribution in [2.24, 2.45) is 5.73 Å². The molecule has 0 spiro atoms. The smallest absolute Gasteiger partial charge is 0.256 e. The van der Waals surface area contributed by atoms with Crippen molar-refractivity contribution in [3.05, 3.63) is 29.8 Å². The highest BCUT2D eigenvalue weighted by molar-refractivity contribution is 5.80. The zero-order valence-corrected chi connectivity index (χ0v) is 6.20. The Hall–Kier alpha value is -1.58. The van der Waals surface area contributed by atoms with Crippen LogP contribution in [-0.2, 0) is 4.79 Å². The number of phenols is 1. The minimum absolute atomic E-state index is 0.0235. The molecule has 0 fully saturated rings. The zero-order valence-electron chi connectivity index (χ0n) is 6.20. The summed E-state index contributed by atoms with van der Waals surface area (Å²) >= 11 is 0. The summed E-state index contributed by atoms with van der Waals surface area (Å²) in [5.41, 5.74) is 4.88. The standard InChI is InChI=1S/C8H8FNO2/c9-7(8(10)12)5-1-3-6(11)4-2-5/h1-4,7,11H,(H2,10,12). The molecule has 3 N–H and O–H groups in total. The Kier molecular flexibility index (Phi) is 2.28. The molecule has 1 aromatic rings. The summed E-state index contributed by atoms with van der Waals surface area (Å²) in [5.74, 6) is -1.00. The number of benzene rings is 1. The van der Waals surface area contributed by atoms with E-state index in [1.54, 1.807) is 0 Å². The number of phenolic OH excluding ortho intramolecular Hbond substituents is 1. The van der Waals surface area contributed by atoms with Crippen LogP contribution < -0.4 is 5.73 Å². The molecular weight excluding hydrogens is 161 g/mol. The third kappa shape index (κ3) is 1.72. The normalized spacial score (nSPS) is 12.4. The van der Waals surface area contributed by atoms with Gasteiger partial charge in [0, 0.05) is 0 Å². The molecule has 64 valence electrons. The Morgan fingerprint density at radius 1 is 1.42 bits per heavy atom. The predicted molar refractivity (Wildman–Crippen MR) is 41.2 cm³/mol. The number of aromatic hydroxyl groups is 1. The van der Waals surface area contributed by atoms with Gasteiger partial charge in [-0.05, 0) is 17.7 Å². The molecule has 0 bridgehead atoms. The SMILES string of the molecule is NC(=O)C(F)c1ccc(O)cc1. The molecular formula is C8H8FNO2. The Bertz CT molecular complexity index is 284. The Morgan fingerprint density at radius 2 is 1.92 bits per heavy atom. The molecule has 1 amide bonds. The van der Waals surface area contributed by atoms with E-state index in [0.29, 0.717) is 0 Å². The van der Waals surface area contributed by atoms with E-state index < -0.39 is 12.1 Å². The van der Waals surface area contributed by atoms with Gasteiger partial charge in [0.1, 0.15) is 5.75 Å². The summed E-state index contributed by atoms with van der Waals surface area (Å²) < 4.78 is 12.8. The number of carbonyl (C=O) groups is 1. The second-order valence-corrected chi connectivity index (χ2v) is 2.36. The first-order valence-electron chi connectivity index (χ1n) is 3.33. The fourth-order valence-electron chi connectivity index (χ4n) is 0.808. The minimum atomic E-state index is -1.80. The lowest BCUT2D eigenvalue weighted by atomic mass is 10.1. The fraction of sp³-hybridized carbons (Fsp3) is 0.125. The second kappa shape index (κ2) is 3.21. The van der Waals surface area contributed by atoms with Crippen LogP contribution >= 0.6 is 0 Å². The van der Waals surface area contributed by atoms with Gasteiger partial charge in [-0.15, -0.1) is 0 Å². The molecule has 0 saturated heterocycles. The van der Waals surface area contributed by atoms with Crippen molar-refractivity contribution >= 4 is 5.91 Å². The highest BCUT2D eigenvalue weighted by atomic mass is 19.1. The summed E-state index contributed by atoms with van der Waals surface area (Å²) in [6.45, 7) is 0. The maximum absolute atomic E-state index is 12.8. The number of alkyl halides is 1. The zero-order chi connectivity index (χ0) is 9.14. The van der Waals surface area contributed by atoms with Gasteiger partial charge in [0.2, 0.25) is 6.17 Å². The summed E-state index contributed by atoms with van der Waals surface area (Å²) in [4.78, 5) is 10.4. The molecule has 0 aliphatic carbocycles. The quantitative estimate of drug-likeness (QED) is 0.690. The fourth-order valence-corrected chi connectivity index (χ4v) is 0.808. The number of nitrogens with two attached hydrogens (primary N) is 1. The molecule has 0 aliphatic heterocycles. The van der Waals surface area contributed by atoms with Gasteiger partial charge >= 0.3 is 0 Å². The van der Waals surface area contributed by atoms with Gasteiger partial charge in [-0.2, -0.15) is 0 Å². The molecule has 1 aromatic carbocycles. The monoisotopic (exact) mass is 169 g/mol. The Labute approximate surface area is 68.6 Å². The molecule has 4 heteroatoms. The number of primary amides is 1. The van der Waals surface area contributed by atoms with Gasteiger partial charge in [-0.3, -0.25) is 4.79 Å². The summed E-state index contributed by atoms with van der Waals surface area (Å²) in [5, 5.41) is 8.84. The van der Waals surface area contributed by atoms with Crippen molar-refractivity contribution < 1.29 is 14.3 Å². The van der Waals surface area contributed by atoms with E-state index in [0.717, 1.165) is 0 Å². The number of halogens is 1. The van der Waals surface area contributed by atoms with Crippen LogP contribution in [0, 0.1) is 0 Å². The van der Waals surface area contributed by atoms with Crippen LogP contribution in [0.4, 0.5) is 4.39 Å². The van der Waals surface area contributed by atoms with E-state index in [-0.39, 0.29) is 11.3 Å². The van der Waals surface area contributed by atoms with Crippen LogP contribution in [0.1, 0.15) is 11.7 Å². The van der Waals surface area contributed by atoms with E-state index >= 15 is 0 Å². The number of rotatable bonds is 2. The van der Waals surface area contributed by atoms with Crippen molar-refractivity contribution in [1.29, 1.82) is 0 Å². The van der Waals surface area contributed by atoms with Crippen molar-refractivity contribution in [3.63, 3.8) is 0 Å². The lowest BCUT2D eigenvalue weighted by Crippen LogP contribution is -2.17. The first-order valence-corrected chi connectivity index (χ1v) is 3.33. The highest BCUT2D eigenvalue weighted by Crippen LogP contribution is 2.19. The molecule has 0 aromatic heterocycles. The third-order valence-corrected chi connectivity index (χ3v) is 1.44. The summed E-state index contributed by atoms with van der Waals surface area (Å²) in [7, 11) is 0. The van der Waals surface area contributed by atoms with Gasteiger partial charge < -0.3 is 10.8 Å². The van der Waals surface area contributed by atoms with Gasteiger partial charge in [0.15, 0.2) is 0 Å². The molecule has 12 heavy (non-hydrogen) atoms. The van der Waals surface area contributed by atoms with Crippen LogP contribution in [-0.4, -0.2) is 11.0 Å². The second-order valence-electron chi connectivity index (χ2n) is 2.36. The minimum Gasteiger partial charge on any atom is -0.508 e. The van der Waals surface area contributed by atoms with Gasteiger partial charge in [-0.25, -0.2) is 4.39 Å². The maximum atomic E-state index is 12.8. The molecule has 0 heterocycles. The van der Waals surface area contributed by atoms with Crippen molar-refractivity contribution in [2.75, 3.05) is 0 Å². The van der Waals surface area contributed by atoms with Crippen molar-refractivity contribution in [1.82, 2.24) is 0 Å². The van der Waals surface area contributed by atoms with Gasteiger partial charge in [0.05, 0.1) is 0 Å². The van der Waals surface area contributed by atoms with Crippen LogP contribution in [0.25, 0.3) is 0 Å². The van der Waals surface area contributed by atoms with E-state index in [4.69, 9.17) is 10.8 Å². The number of hydrogen-bond acceptors (Lipinski definition) is 2. The summed E-state index contributed by atoms with van der Waals surface area (Å²) in [6, 6.07) is 5.21. The van der Waals surface area contributed by atoms with Crippen molar-refractivity contribution in [3.8, 4) is 5.75 Å². The first-order chi connectivity index (χ1) is 5.61. The van der Waals surface area contributed by atoms with E-state index in [2.05, 4.69) is 0 Å². The van der Waals surface area contributed by atoms with Gasteiger partial charge in [0.25, 0.3) is 5.91 Å². The predicted octanol–water partition coefficient (Wildman–Crippen LogP) is 0.888. The van der Waals surface area contributed by atoms with Crippen LogP contribution in [0.15, 0.2) is 24.3 Å². The summed E-state index contributed by atoms with van der Waals surface area (Å²) in [6.07, 6.45) is -1.80. The van der Waals surface area contributed by atoms with E-state index in [9.17, 15) is 9.18 Å². The lowest BCUT2D eigenvalue weighted by Gasteiger charge is -2.02. The van der Waals surface area contributed by atoms with Crippen LogP contribution in [0.2, 0.25) is 0 Å². The number of hydrogen-bond donors (Lipinski definition) is 2. The first kappa shape index (κ1) is 8.52. The topological polar surface area (TPSA) is 63.3 Å². The van der Waals surface area contributed by atoms with Crippen molar-refractivity contribution in [2.45, 2.75) is 6.17 Å². The maximum Gasteiger partial charge on any atom is 0.256 e. The number of carbonyl (C=O) groups excluding carboxylic acids is 1. The van der Waals surface area contributed by atoms with E-state index in [1.807, 2.05) is 0 Å². The Morgan fingerprint density at radius 3 is 2.33 bits per heavy atom. The molecule has 1 atom stereocenters. The lowest BCUT2D eigenvalue weighted by molar-refractivity contribution is -0.122. The average molecular weight is 169 g/mol. The Balaban J connectivity index is 2.89. The van der Waals surface area contributed by atoms with Gasteiger partial charge in [-0.1, -0.05) is 12.1 Å². The molecule has 0 radical (unpaired) electrons.